The van der Waals surface area contributed by atoms with E-state index in [9.17, 15) is 4.79 Å². The lowest BCUT2D eigenvalue weighted by molar-refractivity contribution is 0.102. The van der Waals surface area contributed by atoms with Crippen LogP contribution in [-0.4, -0.2) is 21.1 Å². The number of hydrogen-bond acceptors (Lipinski definition) is 3. The van der Waals surface area contributed by atoms with E-state index in [0.29, 0.717) is 11.7 Å². The number of carbonyl (C=O) groups is 1. The summed E-state index contributed by atoms with van der Waals surface area (Å²) < 4.78 is 3.20. The second kappa shape index (κ2) is 7.53. The highest BCUT2D eigenvalue weighted by Crippen LogP contribution is 2.26. The number of aromatic nitrogens is 2. The van der Waals surface area contributed by atoms with Crippen LogP contribution in [0.3, 0.4) is 0 Å². The summed E-state index contributed by atoms with van der Waals surface area (Å²) in [5.41, 5.74) is 2.85. The Balaban J connectivity index is 1.81. The van der Waals surface area contributed by atoms with Crippen molar-refractivity contribution in [2.45, 2.75) is 25.5 Å². The molecule has 3 rings (SSSR count). The molecule has 0 atom stereocenters. The third-order valence-electron chi connectivity index (χ3n) is 3.67. The molecule has 0 amide bonds. The molecule has 0 aliphatic rings. The Hall–Kier alpha value is -1.59. The summed E-state index contributed by atoms with van der Waals surface area (Å²) in [5, 5.41) is 0.912. The molecule has 0 saturated carbocycles. The third kappa shape index (κ3) is 3.90. The van der Waals surface area contributed by atoms with Gasteiger partial charge >= 0.3 is 0 Å². The van der Waals surface area contributed by atoms with Crippen molar-refractivity contribution in [2.75, 3.05) is 5.75 Å². The Kier molecular flexibility index (Phi) is 5.41. The van der Waals surface area contributed by atoms with Crippen LogP contribution in [0.15, 0.2) is 58.2 Å². The van der Waals surface area contributed by atoms with Crippen LogP contribution in [0.1, 0.15) is 24.2 Å². The first-order valence-corrected chi connectivity index (χ1v) is 9.69. The number of thioether (sulfide) groups is 1. The van der Waals surface area contributed by atoms with Crippen LogP contribution in [0.2, 0.25) is 0 Å². The molecule has 1 aromatic heterocycles. The SMILES string of the molecule is CC(C)Cn1c(SCC(=O)c2ccc(Br)cc2)nc2ccccc21. The van der Waals surface area contributed by atoms with Gasteiger partial charge in [0, 0.05) is 16.6 Å². The van der Waals surface area contributed by atoms with Crippen molar-refractivity contribution < 1.29 is 4.79 Å². The van der Waals surface area contributed by atoms with Crippen LogP contribution in [0, 0.1) is 5.92 Å². The van der Waals surface area contributed by atoms with Crippen LogP contribution >= 0.6 is 27.7 Å². The van der Waals surface area contributed by atoms with Gasteiger partial charge < -0.3 is 4.57 Å². The highest BCUT2D eigenvalue weighted by molar-refractivity contribution is 9.10. The van der Waals surface area contributed by atoms with Crippen LogP contribution in [0.25, 0.3) is 11.0 Å². The first kappa shape index (κ1) is 17.2. The van der Waals surface area contributed by atoms with E-state index in [0.717, 1.165) is 32.8 Å². The maximum absolute atomic E-state index is 12.4. The van der Waals surface area contributed by atoms with Crippen molar-refractivity contribution in [3.8, 4) is 0 Å². The standard InChI is InChI=1S/C19H19BrN2OS/c1-13(2)11-22-17-6-4-3-5-16(17)21-19(22)24-12-18(23)14-7-9-15(20)10-8-14/h3-10,13H,11-12H2,1-2H3. The van der Waals surface area contributed by atoms with Gasteiger partial charge in [0.15, 0.2) is 10.9 Å². The van der Waals surface area contributed by atoms with E-state index in [-0.39, 0.29) is 5.78 Å². The summed E-state index contributed by atoms with van der Waals surface area (Å²) in [6, 6.07) is 15.6. The number of Topliss-reactive ketones (excluding diaryl/α,β-unsaturated/α-hetero) is 1. The zero-order valence-electron chi connectivity index (χ0n) is 13.7. The molecule has 0 saturated heterocycles. The fraction of sp³-hybridized carbons (Fsp3) is 0.263. The number of para-hydroxylation sites is 2. The number of halogens is 1. The van der Waals surface area contributed by atoms with Crippen molar-refractivity contribution in [1.29, 1.82) is 0 Å². The minimum absolute atomic E-state index is 0.121. The van der Waals surface area contributed by atoms with Gasteiger partial charge in [-0.05, 0) is 30.2 Å². The topological polar surface area (TPSA) is 34.9 Å². The fourth-order valence-corrected chi connectivity index (χ4v) is 3.74. The molecule has 24 heavy (non-hydrogen) atoms. The van der Waals surface area contributed by atoms with Gasteiger partial charge in [-0.2, -0.15) is 0 Å². The van der Waals surface area contributed by atoms with E-state index in [2.05, 4.69) is 40.4 Å². The number of benzene rings is 2. The average Bonchev–Trinajstić information content (AvgIpc) is 2.90. The van der Waals surface area contributed by atoms with Crippen LogP contribution in [0.5, 0.6) is 0 Å². The first-order valence-electron chi connectivity index (χ1n) is 7.91. The Labute approximate surface area is 154 Å². The molecule has 0 N–H and O–H groups in total. The second-order valence-corrected chi connectivity index (χ2v) is 7.96. The fourth-order valence-electron chi connectivity index (χ4n) is 2.55. The average molecular weight is 403 g/mol. The molecule has 1 heterocycles. The summed E-state index contributed by atoms with van der Waals surface area (Å²) in [5.74, 6) is 1.03. The smallest absolute Gasteiger partial charge is 0.173 e. The third-order valence-corrected chi connectivity index (χ3v) is 5.17. The molecule has 0 spiro atoms. The monoisotopic (exact) mass is 402 g/mol. The van der Waals surface area contributed by atoms with E-state index >= 15 is 0 Å². The predicted octanol–water partition coefficient (Wildman–Crippen LogP) is 5.43. The summed E-state index contributed by atoms with van der Waals surface area (Å²) in [6.45, 7) is 5.28. The van der Waals surface area contributed by atoms with Crippen molar-refractivity contribution in [2.24, 2.45) is 5.92 Å². The molecule has 0 unspecified atom stereocenters. The molecule has 124 valence electrons. The lowest BCUT2D eigenvalue weighted by Gasteiger charge is -2.11. The predicted molar refractivity (Wildman–Crippen MR) is 104 cm³/mol. The molecule has 2 aromatic carbocycles. The molecule has 0 aliphatic heterocycles. The largest absolute Gasteiger partial charge is 0.319 e. The number of nitrogens with zero attached hydrogens (tertiary/aromatic N) is 2. The highest BCUT2D eigenvalue weighted by Gasteiger charge is 2.14. The quantitative estimate of drug-likeness (QED) is 0.407. The lowest BCUT2D eigenvalue weighted by atomic mass is 10.2. The van der Waals surface area contributed by atoms with Crippen LogP contribution < -0.4 is 0 Å². The molecule has 0 bridgehead atoms. The molecular formula is C19H19BrN2OS. The minimum Gasteiger partial charge on any atom is -0.319 e. The summed E-state index contributed by atoms with van der Waals surface area (Å²) in [6.07, 6.45) is 0. The van der Waals surface area contributed by atoms with Gasteiger partial charge in [-0.15, -0.1) is 0 Å². The highest BCUT2D eigenvalue weighted by atomic mass is 79.9. The number of rotatable bonds is 6. The number of hydrogen-bond donors (Lipinski definition) is 0. The van der Waals surface area contributed by atoms with E-state index in [1.807, 2.05) is 42.5 Å². The van der Waals surface area contributed by atoms with E-state index in [1.165, 1.54) is 11.8 Å². The van der Waals surface area contributed by atoms with Crippen LogP contribution in [-0.2, 0) is 6.54 Å². The van der Waals surface area contributed by atoms with E-state index < -0.39 is 0 Å². The summed E-state index contributed by atoms with van der Waals surface area (Å²) in [4.78, 5) is 17.1. The van der Waals surface area contributed by atoms with Crippen molar-refractivity contribution in [3.05, 3.63) is 58.6 Å². The van der Waals surface area contributed by atoms with Gasteiger partial charge in [-0.1, -0.05) is 65.8 Å². The number of ketones is 1. The second-order valence-electron chi connectivity index (χ2n) is 6.11. The van der Waals surface area contributed by atoms with Gasteiger partial charge in [-0.25, -0.2) is 4.98 Å². The maximum Gasteiger partial charge on any atom is 0.173 e. The summed E-state index contributed by atoms with van der Waals surface area (Å²) >= 11 is 4.90. The summed E-state index contributed by atoms with van der Waals surface area (Å²) in [7, 11) is 0. The lowest BCUT2D eigenvalue weighted by Crippen LogP contribution is -2.08. The van der Waals surface area contributed by atoms with E-state index in [4.69, 9.17) is 4.98 Å². The van der Waals surface area contributed by atoms with Gasteiger partial charge in [0.25, 0.3) is 0 Å². The van der Waals surface area contributed by atoms with Gasteiger partial charge in [0.05, 0.1) is 16.8 Å². The minimum atomic E-state index is 0.121. The zero-order chi connectivity index (χ0) is 17.1. The van der Waals surface area contributed by atoms with Crippen molar-refractivity contribution >= 4 is 44.5 Å². The Morgan fingerprint density at radius 1 is 1.17 bits per heavy atom. The van der Waals surface area contributed by atoms with Crippen molar-refractivity contribution in [1.82, 2.24) is 9.55 Å². The van der Waals surface area contributed by atoms with E-state index in [1.54, 1.807) is 0 Å². The molecular weight excluding hydrogens is 384 g/mol. The normalized spacial score (nSPS) is 11.3. The van der Waals surface area contributed by atoms with Crippen LogP contribution in [0.4, 0.5) is 0 Å². The van der Waals surface area contributed by atoms with Gasteiger partial charge in [0.2, 0.25) is 0 Å². The number of imidazole rings is 1. The molecule has 3 nitrogen and oxygen atoms in total. The first-order chi connectivity index (χ1) is 11.5. The molecule has 5 heteroatoms. The molecule has 3 aromatic rings. The zero-order valence-corrected chi connectivity index (χ0v) is 16.1. The number of carbonyl (C=O) groups excluding carboxylic acids is 1. The Morgan fingerprint density at radius 2 is 1.88 bits per heavy atom. The van der Waals surface area contributed by atoms with Gasteiger partial charge in [0.1, 0.15) is 0 Å². The number of fused-ring (bicyclic) bond motifs is 1. The van der Waals surface area contributed by atoms with Gasteiger partial charge in [-0.3, -0.25) is 4.79 Å². The maximum atomic E-state index is 12.4. The Bertz CT molecular complexity index is 855. The molecule has 0 radical (unpaired) electrons. The molecule has 0 fully saturated rings. The van der Waals surface area contributed by atoms with Crippen molar-refractivity contribution in [3.63, 3.8) is 0 Å². The Morgan fingerprint density at radius 3 is 2.58 bits per heavy atom. The molecule has 0 aliphatic carbocycles.